The van der Waals surface area contributed by atoms with Gasteiger partial charge in [0.1, 0.15) is 0 Å². The van der Waals surface area contributed by atoms with Crippen molar-refractivity contribution >= 4 is 0 Å². The second-order valence-corrected chi connectivity index (χ2v) is 2.21. The first-order valence-corrected chi connectivity index (χ1v) is 3.07. The summed E-state index contributed by atoms with van der Waals surface area (Å²) in [5.41, 5.74) is 4.98. The molecule has 0 rings (SSSR count). The van der Waals surface area contributed by atoms with Gasteiger partial charge in [-0.1, -0.05) is 0 Å². The van der Waals surface area contributed by atoms with Crippen LogP contribution >= 0.6 is 0 Å². The summed E-state index contributed by atoms with van der Waals surface area (Å²) in [4.78, 5) is 2.00. The molecule has 0 atom stereocenters. The maximum atomic E-state index is 7.99. The van der Waals surface area contributed by atoms with Crippen molar-refractivity contribution in [2.24, 2.45) is 5.73 Å². The van der Waals surface area contributed by atoms with Gasteiger partial charge < -0.3 is 15.7 Å². The van der Waals surface area contributed by atoms with Crippen molar-refractivity contribution in [3.63, 3.8) is 0 Å². The van der Waals surface area contributed by atoms with Gasteiger partial charge in [-0.05, 0) is 34.1 Å². The Labute approximate surface area is 57.5 Å². The first kappa shape index (κ1) is 11.6. The Morgan fingerprint density at radius 1 is 1.33 bits per heavy atom. The van der Waals surface area contributed by atoms with Crippen LogP contribution in [0.25, 0.3) is 0 Å². The Hall–Kier alpha value is -0.120. The fourth-order valence-electron chi connectivity index (χ4n) is 0.0913. The number of hydrogen-bond donors (Lipinski definition) is 2. The van der Waals surface area contributed by atoms with Gasteiger partial charge in [-0.25, -0.2) is 0 Å². The fraction of sp³-hybridized carbons (Fsp3) is 1.00. The first-order chi connectivity index (χ1) is 4.15. The summed E-state index contributed by atoms with van der Waals surface area (Å²) in [7, 11) is 6.00. The van der Waals surface area contributed by atoms with E-state index < -0.39 is 0 Å². The number of rotatable bonds is 2. The van der Waals surface area contributed by atoms with Gasteiger partial charge >= 0.3 is 0 Å². The Balaban J connectivity index is 0. The average molecular weight is 134 g/mol. The molecule has 0 aromatic carbocycles. The van der Waals surface area contributed by atoms with E-state index in [1.807, 2.05) is 26.0 Å². The Kier molecular flexibility index (Phi) is 14.0. The second-order valence-electron chi connectivity index (χ2n) is 2.21. The fourth-order valence-corrected chi connectivity index (χ4v) is 0.0913. The van der Waals surface area contributed by atoms with Crippen LogP contribution < -0.4 is 5.73 Å². The van der Waals surface area contributed by atoms with Gasteiger partial charge in [0.05, 0.1) is 0 Å². The van der Waals surface area contributed by atoms with E-state index in [4.69, 9.17) is 10.8 Å². The molecule has 0 aromatic heterocycles. The number of nitrogens with two attached hydrogens (primary N) is 1. The van der Waals surface area contributed by atoms with Crippen LogP contribution in [-0.2, 0) is 0 Å². The summed E-state index contributed by atoms with van der Waals surface area (Å²) in [5, 5.41) is 7.99. The normalized spacial score (nSPS) is 8.67. The van der Waals surface area contributed by atoms with E-state index in [9.17, 15) is 0 Å². The van der Waals surface area contributed by atoms with Gasteiger partial charge in [-0.15, -0.1) is 0 Å². The molecule has 0 fully saturated rings. The molecule has 0 amide bonds. The molecule has 9 heavy (non-hydrogen) atoms. The van der Waals surface area contributed by atoms with Crippen molar-refractivity contribution in [1.29, 1.82) is 0 Å². The lowest BCUT2D eigenvalue weighted by atomic mass is 10.5. The van der Waals surface area contributed by atoms with Crippen LogP contribution in [0.4, 0.5) is 0 Å². The second kappa shape index (κ2) is 10.8. The highest BCUT2D eigenvalue weighted by atomic mass is 16.2. The standard InChI is InChI=1S/C3H9NO.C3H9N/c4-2-1-3-5;1-4(2)3/h5H,1-4H2;1-3H3. The highest BCUT2D eigenvalue weighted by molar-refractivity contribution is 4.28. The molecule has 0 saturated carbocycles. The highest BCUT2D eigenvalue weighted by Crippen LogP contribution is 1.62. The van der Waals surface area contributed by atoms with Crippen LogP contribution in [0.5, 0.6) is 0 Å². The van der Waals surface area contributed by atoms with E-state index in [1.54, 1.807) is 0 Å². The summed E-state index contributed by atoms with van der Waals surface area (Å²) in [6.45, 7) is 0.812. The van der Waals surface area contributed by atoms with E-state index in [0.29, 0.717) is 6.54 Å². The van der Waals surface area contributed by atoms with E-state index in [0.717, 1.165) is 6.42 Å². The highest BCUT2D eigenvalue weighted by Gasteiger charge is 1.69. The van der Waals surface area contributed by atoms with Crippen LogP contribution in [0.3, 0.4) is 0 Å². The van der Waals surface area contributed by atoms with Crippen molar-refractivity contribution in [2.75, 3.05) is 34.3 Å². The van der Waals surface area contributed by atoms with Gasteiger partial charge in [0.15, 0.2) is 0 Å². The van der Waals surface area contributed by atoms with E-state index >= 15 is 0 Å². The molecule has 0 aromatic rings. The van der Waals surface area contributed by atoms with Crippen LogP contribution in [0.15, 0.2) is 0 Å². The quantitative estimate of drug-likeness (QED) is 0.535. The molecule has 0 bridgehead atoms. The molecule has 0 aliphatic rings. The zero-order valence-corrected chi connectivity index (χ0v) is 6.59. The lowest BCUT2D eigenvalue weighted by Gasteiger charge is -1.90. The Bertz CT molecular complexity index is 35.3. The molecule has 58 valence electrons. The summed E-state index contributed by atoms with van der Waals surface area (Å²) in [6.07, 6.45) is 0.722. The summed E-state index contributed by atoms with van der Waals surface area (Å²) < 4.78 is 0. The van der Waals surface area contributed by atoms with Gasteiger partial charge in [0, 0.05) is 6.61 Å². The van der Waals surface area contributed by atoms with Crippen molar-refractivity contribution < 1.29 is 5.11 Å². The monoisotopic (exact) mass is 134 g/mol. The minimum Gasteiger partial charge on any atom is -0.396 e. The summed E-state index contributed by atoms with van der Waals surface area (Å²) in [6, 6.07) is 0. The molecule has 0 unspecified atom stereocenters. The number of hydrogen-bond acceptors (Lipinski definition) is 3. The number of aliphatic hydroxyl groups excluding tert-OH is 1. The van der Waals surface area contributed by atoms with Crippen LogP contribution in [0.2, 0.25) is 0 Å². The molecule has 3 nitrogen and oxygen atoms in total. The third-order valence-electron chi connectivity index (χ3n) is 0.362. The third kappa shape index (κ3) is 77.1. The maximum absolute atomic E-state index is 7.99. The van der Waals surface area contributed by atoms with Gasteiger partial charge in [-0.3, -0.25) is 0 Å². The zero-order chi connectivity index (χ0) is 7.70. The summed E-state index contributed by atoms with van der Waals surface area (Å²) in [5.74, 6) is 0. The number of nitrogens with zero attached hydrogens (tertiary/aromatic N) is 1. The SMILES string of the molecule is CN(C)C.NCCCO. The molecule has 0 aliphatic carbocycles. The number of aliphatic hydroxyl groups is 1. The van der Waals surface area contributed by atoms with Crippen LogP contribution in [-0.4, -0.2) is 44.3 Å². The van der Waals surface area contributed by atoms with E-state index in [-0.39, 0.29) is 6.61 Å². The predicted octanol–water partition coefficient (Wildman–Crippen LogP) is -0.495. The van der Waals surface area contributed by atoms with Gasteiger partial charge in [0.2, 0.25) is 0 Å². The minimum absolute atomic E-state index is 0.219. The zero-order valence-electron chi connectivity index (χ0n) is 6.59. The molecular weight excluding hydrogens is 116 g/mol. The first-order valence-electron chi connectivity index (χ1n) is 3.07. The molecular formula is C6H18N2O. The third-order valence-corrected chi connectivity index (χ3v) is 0.362. The predicted molar refractivity (Wildman–Crippen MR) is 40.4 cm³/mol. The average Bonchev–Trinajstić information content (AvgIpc) is 1.66. The van der Waals surface area contributed by atoms with Crippen molar-refractivity contribution in [1.82, 2.24) is 4.90 Å². The van der Waals surface area contributed by atoms with Crippen molar-refractivity contribution in [2.45, 2.75) is 6.42 Å². The summed E-state index contributed by atoms with van der Waals surface area (Å²) >= 11 is 0. The van der Waals surface area contributed by atoms with Gasteiger partial charge in [-0.2, -0.15) is 0 Å². The maximum Gasteiger partial charge on any atom is 0.0443 e. The molecule has 0 spiro atoms. The lowest BCUT2D eigenvalue weighted by Crippen LogP contribution is -1.99. The molecule has 0 radical (unpaired) electrons. The van der Waals surface area contributed by atoms with E-state index in [1.165, 1.54) is 0 Å². The van der Waals surface area contributed by atoms with E-state index in [2.05, 4.69) is 0 Å². The minimum atomic E-state index is 0.219. The van der Waals surface area contributed by atoms with Crippen LogP contribution in [0.1, 0.15) is 6.42 Å². The Morgan fingerprint density at radius 2 is 1.67 bits per heavy atom. The van der Waals surface area contributed by atoms with Crippen molar-refractivity contribution in [3.8, 4) is 0 Å². The van der Waals surface area contributed by atoms with Crippen LogP contribution in [0, 0.1) is 0 Å². The Morgan fingerprint density at radius 3 is 1.67 bits per heavy atom. The molecule has 3 heteroatoms. The molecule has 0 aliphatic heterocycles. The van der Waals surface area contributed by atoms with Crippen molar-refractivity contribution in [3.05, 3.63) is 0 Å². The van der Waals surface area contributed by atoms with Gasteiger partial charge in [0.25, 0.3) is 0 Å². The molecule has 0 heterocycles. The molecule has 3 N–H and O–H groups in total. The molecule has 0 saturated heterocycles. The smallest absolute Gasteiger partial charge is 0.0443 e. The topological polar surface area (TPSA) is 49.5 Å². The lowest BCUT2D eigenvalue weighted by molar-refractivity contribution is 0.291. The largest absolute Gasteiger partial charge is 0.396 e.